The van der Waals surface area contributed by atoms with Crippen LogP contribution in [0.4, 0.5) is 0 Å². The summed E-state index contributed by atoms with van der Waals surface area (Å²) in [5, 5.41) is 8.73. The third-order valence-corrected chi connectivity index (χ3v) is 2.16. The Morgan fingerprint density at radius 3 is 2.50 bits per heavy atom. The standard InChI is InChI=1S/C7H9NO4/c9-4-7(6(11)12)2-1-3-8(7)5-10/h4-5H,1-3H2,(H,11,12). The lowest BCUT2D eigenvalue weighted by molar-refractivity contribution is -0.154. The molecule has 1 unspecified atom stereocenters. The lowest BCUT2D eigenvalue weighted by Crippen LogP contribution is -2.51. The van der Waals surface area contributed by atoms with Crippen molar-refractivity contribution in [1.82, 2.24) is 4.90 Å². The number of nitrogens with zero attached hydrogens (tertiary/aromatic N) is 1. The number of amides is 1. The summed E-state index contributed by atoms with van der Waals surface area (Å²) >= 11 is 0. The van der Waals surface area contributed by atoms with Gasteiger partial charge >= 0.3 is 5.97 Å². The van der Waals surface area contributed by atoms with E-state index in [4.69, 9.17) is 5.11 Å². The summed E-state index contributed by atoms with van der Waals surface area (Å²) in [7, 11) is 0. The average molecular weight is 171 g/mol. The molecule has 1 saturated heterocycles. The van der Waals surface area contributed by atoms with E-state index < -0.39 is 11.5 Å². The Morgan fingerprint density at radius 2 is 2.17 bits per heavy atom. The third kappa shape index (κ3) is 0.975. The maximum atomic E-state index is 10.7. The van der Waals surface area contributed by atoms with Gasteiger partial charge in [-0.15, -0.1) is 0 Å². The molecular weight excluding hydrogens is 162 g/mol. The minimum atomic E-state index is -1.60. The second-order valence-electron chi connectivity index (χ2n) is 2.75. The molecule has 0 radical (unpaired) electrons. The number of carbonyl (C=O) groups is 3. The molecule has 0 aromatic carbocycles. The first-order valence-electron chi connectivity index (χ1n) is 3.59. The number of carboxylic acid groups (broad SMARTS) is 1. The van der Waals surface area contributed by atoms with Crippen molar-refractivity contribution in [3.05, 3.63) is 0 Å². The van der Waals surface area contributed by atoms with E-state index in [1.165, 1.54) is 0 Å². The van der Waals surface area contributed by atoms with Crippen molar-refractivity contribution in [2.75, 3.05) is 6.54 Å². The van der Waals surface area contributed by atoms with Crippen LogP contribution in [-0.2, 0) is 14.4 Å². The maximum Gasteiger partial charge on any atom is 0.337 e. The number of likely N-dealkylation sites (tertiary alicyclic amines) is 1. The van der Waals surface area contributed by atoms with E-state index >= 15 is 0 Å². The molecule has 0 spiro atoms. The summed E-state index contributed by atoms with van der Waals surface area (Å²) in [4.78, 5) is 32.7. The molecule has 1 aliphatic heterocycles. The molecule has 0 bridgehead atoms. The molecule has 1 aliphatic rings. The molecular formula is C7H9NO4. The Hall–Kier alpha value is -1.39. The van der Waals surface area contributed by atoms with Crippen molar-refractivity contribution >= 4 is 18.7 Å². The van der Waals surface area contributed by atoms with Crippen LogP contribution in [0.1, 0.15) is 12.8 Å². The van der Waals surface area contributed by atoms with Gasteiger partial charge in [0.2, 0.25) is 6.41 Å². The molecule has 1 atom stereocenters. The Kier molecular flexibility index (Phi) is 2.12. The first-order valence-corrected chi connectivity index (χ1v) is 3.59. The number of carbonyl (C=O) groups excluding carboxylic acids is 2. The molecule has 12 heavy (non-hydrogen) atoms. The molecule has 0 aromatic heterocycles. The van der Waals surface area contributed by atoms with E-state index in [1.54, 1.807) is 0 Å². The van der Waals surface area contributed by atoms with Gasteiger partial charge in [0, 0.05) is 6.54 Å². The van der Waals surface area contributed by atoms with Gasteiger partial charge in [-0.1, -0.05) is 0 Å². The van der Waals surface area contributed by atoms with Crippen molar-refractivity contribution in [1.29, 1.82) is 0 Å². The summed E-state index contributed by atoms with van der Waals surface area (Å²) in [5.41, 5.74) is -1.60. The van der Waals surface area contributed by atoms with Crippen LogP contribution in [0.25, 0.3) is 0 Å². The predicted molar refractivity (Wildman–Crippen MR) is 38.4 cm³/mol. The Balaban J connectivity index is 2.98. The van der Waals surface area contributed by atoms with Gasteiger partial charge in [-0.25, -0.2) is 4.79 Å². The fourth-order valence-corrected chi connectivity index (χ4v) is 1.42. The Bertz CT molecular complexity index is 227. The molecule has 0 aliphatic carbocycles. The molecule has 66 valence electrons. The molecule has 1 N–H and O–H groups in total. The zero-order valence-corrected chi connectivity index (χ0v) is 6.40. The lowest BCUT2D eigenvalue weighted by atomic mass is 9.99. The second-order valence-corrected chi connectivity index (χ2v) is 2.75. The topological polar surface area (TPSA) is 74.7 Å². The number of aliphatic carboxylic acids is 1. The summed E-state index contributed by atoms with van der Waals surface area (Å²) in [6.45, 7) is 0.342. The van der Waals surface area contributed by atoms with Gasteiger partial charge in [0.05, 0.1) is 0 Å². The van der Waals surface area contributed by atoms with Crippen LogP contribution in [0, 0.1) is 0 Å². The molecule has 5 heteroatoms. The second kappa shape index (κ2) is 2.92. The number of carboxylic acids is 1. The third-order valence-electron chi connectivity index (χ3n) is 2.16. The van der Waals surface area contributed by atoms with E-state index in [0.717, 1.165) is 4.90 Å². The minimum absolute atomic E-state index is 0.213. The van der Waals surface area contributed by atoms with Gasteiger partial charge in [0.25, 0.3) is 0 Å². The predicted octanol–water partition coefficient (Wildman–Crippen LogP) is -0.739. The van der Waals surface area contributed by atoms with Gasteiger partial charge in [-0.2, -0.15) is 0 Å². The smallest absolute Gasteiger partial charge is 0.337 e. The maximum absolute atomic E-state index is 10.7. The van der Waals surface area contributed by atoms with Gasteiger partial charge in [-0.3, -0.25) is 4.79 Å². The van der Waals surface area contributed by atoms with Crippen LogP contribution in [0.3, 0.4) is 0 Å². The lowest BCUT2D eigenvalue weighted by Gasteiger charge is -2.25. The highest BCUT2D eigenvalue weighted by atomic mass is 16.4. The molecule has 1 heterocycles. The van der Waals surface area contributed by atoms with Crippen LogP contribution in [-0.4, -0.2) is 40.8 Å². The Labute approximate surface area is 69.0 Å². The fraction of sp³-hybridized carbons (Fsp3) is 0.571. The number of hydrogen-bond acceptors (Lipinski definition) is 3. The summed E-state index contributed by atoms with van der Waals surface area (Å²) < 4.78 is 0. The van der Waals surface area contributed by atoms with Crippen molar-refractivity contribution in [2.24, 2.45) is 0 Å². The van der Waals surface area contributed by atoms with Gasteiger partial charge < -0.3 is 14.8 Å². The molecule has 5 nitrogen and oxygen atoms in total. The normalized spacial score (nSPS) is 28.5. The fourth-order valence-electron chi connectivity index (χ4n) is 1.42. The number of rotatable bonds is 3. The van der Waals surface area contributed by atoms with Crippen molar-refractivity contribution < 1.29 is 19.5 Å². The summed E-state index contributed by atoms with van der Waals surface area (Å²) in [6, 6.07) is 0. The van der Waals surface area contributed by atoms with E-state index in [-0.39, 0.29) is 6.42 Å². The van der Waals surface area contributed by atoms with Crippen LogP contribution in [0.2, 0.25) is 0 Å². The number of aldehydes is 1. The average Bonchev–Trinajstić information content (AvgIpc) is 2.47. The van der Waals surface area contributed by atoms with Gasteiger partial charge in [0.15, 0.2) is 11.8 Å². The summed E-state index contributed by atoms with van der Waals surface area (Å²) in [5.74, 6) is -1.25. The molecule has 1 amide bonds. The van der Waals surface area contributed by atoms with Crippen molar-refractivity contribution in [3.63, 3.8) is 0 Å². The van der Waals surface area contributed by atoms with Crippen LogP contribution in [0.15, 0.2) is 0 Å². The highest BCUT2D eigenvalue weighted by Crippen LogP contribution is 2.25. The number of hydrogen-bond donors (Lipinski definition) is 1. The molecule has 0 saturated carbocycles. The quantitative estimate of drug-likeness (QED) is 0.448. The van der Waals surface area contributed by atoms with Crippen LogP contribution < -0.4 is 0 Å². The molecule has 0 aromatic rings. The van der Waals surface area contributed by atoms with E-state index in [1.807, 2.05) is 0 Å². The summed E-state index contributed by atoms with van der Waals surface area (Å²) in [6.07, 6.45) is 1.51. The molecule has 1 fully saturated rings. The first-order chi connectivity index (χ1) is 5.67. The monoisotopic (exact) mass is 171 g/mol. The molecule has 1 rings (SSSR count). The highest BCUT2D eigenvalue weighted by Gasteiger charge is 2.47. The van der Waals surface area contributed by atoms with E-state index in [2.05, 4.69) is 0 Å². The first kappa shape index (κ1) is 8.70. The van der Waals surface area contributed by atoms with E-state index in [9.17, 15) is 14.4 Å². The zero-order valence-electron chi connectivity index (χ0n) is 6.40. The zero-order chi connectivity index (χ0) is 9.19. The van der Waals surface area contributed by atoms with E-state index in [0.29, 0.717) is 25.7 Å². The van der Waals surface area contributed by atoms with Gasteiger partial charge in [-0.05, 0) is 12.8 Å². The van der Waals surface area contributed by atoms with Crippen molar-refractivity contribution in [2.45, 2.75) is 18.4 Å². The highest BCUT2D eigenvalue weighted by molar-refractivity contribution is 5.99. The SMILES string of the molecule is O=CN1CCCC1(C=O)C(=O)O. The van der Waals surface area contributed by atoms with Crippen LogP contribution in [0.5, 0.6) is 0 Å². The van der Waals surface area contributed by atoms with Gasteiger partial charge in [0.1, 0.15) is 0 Å². The minimum Gasteiger partial charge on any atom is -0.479 e. The largest absolute Gasteiger partial charge is 0.479 e. The Morgan fingerprint density at radius 1 is 1.50 bits per heavy atom. The van der Waals surface area contributed by atoms with Crippen molar-refractivity contribution in [3.8, 4) is 0 Å². The van der Waals surface area contributed by atoms with Crippen LogP contribution >= 0.6 is 0 Å².